The number of aliphatic hydroxyl groups is 2. The Bertz CT molecular complexity index is 505. The van der Waals surface area contributed by atoms with Gasteiger partial charge in [-0.2, -0.15) is 4.98 Å². The fourth-order valence-corrected chi connectivity index (χ4v) is 3.19. The van der Waals surface area contributed by atoms with Crippen LogP contribution >= 0.6 is 0 Å². The fraction of sp³-hybridized carbons (Fsp3) is 0.733. The predicted molar refractivity (Wildman–Crippen MR) is 83.0 cm³/mol. The highest BCUT2D eigenvalue weighted by Crippen LogP contribution is 2.35. The molecule has 3 heterocycles. The maximum Gasteiger partial charge on any atom is 0.227 e. The lowest BCUT2D eigenvalue weighted by Crippen LogP contribution is -2.54. The number of aliphatic hydroxyl groups excluding tert-OH is 2. The summed E-state index contributed by atoms with van der Waals surface area (Å²) in [4.78, 5) is 11.0. The van der Waals surface area contributed by atoms with E-state index in [-0.39, 0.29) is 12.2 Å². The molecule has 3 N–H and O–H groups in total. The third-order valence-corrected chi connectivity index (χ3v) is 4.54. The van der Waals surface area contributed by atoms with Crippen LogP contribution in [-0.2, 0) is 4.74 Å². The lowest BCUT2D eigenvalue weighted by molar-refractivity contribution is -0.178. The van der Waals surface area contributed by atoms with Crippen molar-refractivity contribution in [3.63, 3.8) is 0 Å². The Balaban J connectivity index is 1.63. The van der Waals surface area contributed by atoms with E-state index in [0.29, 0.717) is 6.42 Å². The summed E-state index contributed by atoms with van der Waals surface area (Å²) >= 11 is 0. The minimum atomic E-state index is -0.760. The second kappa shape index (κ2) is 6.36. The summed E-state index contributed by atoms with van der Waals surface area (Å²) in [6.07, 6.45) is 2.44. The highest BCUT2D eigenvalue weighted by atomic mass is 16.5. The highest BCUT2D eigenvalue weighted by molar-refractivity contribution is 5.41. The van der Waals surface area contributed by atoms with E-state index in [0.717, 1.165) is 44.2 Å². The van der Waals surface area contributed by atoms with E-state index in [1.807, 2.05) is 13.0 Å². The maximum atomic E-state index is 9.90. The molecule has 0 bridgehead atoms. The Hall–Kier alpha value is -1.44. The SMILES string of the molecule is CCNc1ccnc(N2CCC3(CC2)C[C@@H](O)[C@@H](O)CO3)n1. The Labute approximate surface area is 130 Å². The number of aromatic nitrogens is 2. The van der Waals surface area contributed by atoms with Crippen LogP contribution in [0.5, 0.6) is 0 Å². The van der Waals surface area contributed by atoms with Gasteiger partial charge in [0.25, 0.3) is 0 Å². The molecule has 1 aromatic heterocycles. The smallest absolute Gasteiger partial charge is 0.227 e. The molecule has 2 aliphatic rings. The first kappa shape index (κ1) is 15.5. The predicted octanol–water partition coefficient (Wildman–Crippen LogP) is 0.389. The van der Waals surface area contributed by atoms with Gasteiger partial charge in [0.1, 0.15) is 11.9 Å². The van der Waals surface area contributed by atoms with Gasteiger partial charge in [0, 0.05) is 32.3 Å². The molecule has 0 aliphatic carbocycles. The van der Waals surface area contributed by atoms with Crippen LogP contribution in [0.4, 0.5) is 11.8 Å². The molecule has 2 atom stereocenters. The molecule has 0 radical (unpaired) electrons. The zero-order chi connectivity index (χ0) is 15.6. The van der Waals surface area contributed by atoms with Crippen LogP contribution in [0.3, 0.4) is 0 Å². The molecule has 7 nitrogen and oxygen atoms in total. The molecule has 2 fully saturated rings. The number of nitrogens with one attached hydrogen (secondary N) is 1. The average molecular weight is 308 g/mol. The summed E-state index contributed by atoms with van der Waals surface area (Å²) in [5.41, 5.74) is -0.311. The van der Waals surface area contributed by atoms with Crippen molar-refractivity contribution in [3.05, 3.63) is 12.3 Å². The molecule has 3 rings (SSSR count). The largest absolute Gasteiger partial charge is 0.390 e. The second-order valence-corrected chi connectivity index (χ2v) is 6.09. The van der Waals surface area contributed by atoms with Gasteiger partial charge in [-0.15, -0.1) is 0 Å². The van der Waals surface area contributed by atoms with Gasteiger partial charge in [-0.1, -0.05) is 0 Å². The van der Waals surface area contributed by atoms with E-state index < -0.39 is 12.2 Å². The number of anilines is 2. The number of hydrogen-bond donors (Lipinski definition) is 3. The van der Waals surface area contributed by atoms with Crippen LogP contribution < -0.4 is 10.2 Å². The molecule has 22 heavy (non-hydrogen) atoms. The van der Waals surface area contributed by atoms with E-state index in [9.17, 15) is 10.2 Å². The van der Waals surface area contributed by atoms with Gasteiger partial charge in [0.15, 0.2) is 0 Å². The van der Waals surface area contributed by atoms with Crippen molar-refractivity contribution in [2.45, 2.75) is 44.0 Å². The second-order valence-electron chi connectivity index (χ2n) is 6.09. The zero-order valence-corrected chi connectivity index (χ0v) is 12.9. The molecule has 0 saturated carbocycles. The lowest BCUT2D eigenvalue weighted by atomic mass is 9.82. The molecule has 2 aliphatic heterocycles. The van der Waals surface area contributed by atoms with E-state index in [4.69, 9.17) is 4.74 Å². The van der Waals surface area contributed by atoms with Gasteiger partial charge in [-0.25, -0.2) is 4.98 Å². The molecular formula is C15H24N4O3. The number of rotatable bonds is 3. The normalized spacial score (nSPS) is 27.9. The van der Waals surface area contributed by atoms with Gasteiger partial charge >= 0.3 is 0 Å². The first-order valence-corrected chi connectivity index (χ1v) is 7.94. The van der Waals surface area contributed by atoms with E-state index >= 15 is 0 Å². The maximum absolute atomic E-state index is 9.90. The Morgan fingerprint density at radius 3 is 2.82 bits per heavy atom. The van der Waals surface area contributed by atoms with Crippen molar-refractivity contribution in [1.82, 2.24) is 9.97 Å². The Kier molecular flexibility index (Phi) is 4.46. The molecular weight excluding hydrogens is 284 g/mol. The average Bonchev–Trinajstić information content (AvgIpc) is 2.53. The standard InChI is InChI=1S/C15H24N4O3/c1-2-16-13-3-6-17-14(18-13)19-7-4-15(5-8-19)9-11(20)12(21)10-22-15/h3,6,11-12,20-21H,2,4-5,7-10H2,1H3,(H,16,17,18)/t11-,12+/m1/s1. The van der Waals surface area contributed by atoms with Crippen molar-refractivity contribution in [1.29, 1.82) is 0 Å². The van der Waals surface area contributed by atoms with Gasteiger partial charge in [-0.3, -0.25) is 0 Å². The third kappa shape index (κ3) is 3.16. The van der Waals surface area contributed by atoms with E-state index in [1.165, 1.54) is 0 Å². The minimum absolute atomic E-state index is 0.216. The minimum Gasteiger partial charge on any atom is -0.390 e. The molecule has 0 amide bonds. The molecule has 1 spiro atoms. The van der Waals surface area contributed by atoms with Crippen molar-refractivity contribution in [2.75, 3.05) is 36.5 Å². The molecule has 2 saturated heterocycles. The van der Waals surface area contributed by atoms with Gasteiger partial charge in [0.2, 0.25) is 5.95 Å². The lowest BCUT2D eigenvalue weighted by Gasteiger charge is -2.46. The van der Waals surface area contributed by atoms with Crippen LogP contribution in [0.2, 0.25) is 0 Å². The van der Waals surface area contributed by atoms with Crippen LogP contribution in [0.15, 0.2) is 12.3 Å². The molecule has 0 unspecified atom stereocenters. The van der Waals surface area contributed by atoms with Gasteiger partial charge in [0.05, 0.1) is 18.3 Å². The molecule has 1 aromatic rings. The summed E-state index contributed by atoms with van der Waals surface area (Å²) in [7, 11) is 0. The first-order chi connectivity index (χ1) is 10.6. The van der Waals surface area contributed by atoms with Crippen molar-refractivity contribution in [2.24, 2.45) is 0 Å². The van der Waals surface area contributed by atoms with Gasteiger partial charge < -0.3 is 25.2 Å². The summed E-state index contributed by atoms with van der Waals surface area (Å²) in [6, 6.07) is 1.86. The number of ether oxygens (including phenoxy) is 1. The van der Waals surface area contributed by atoms with Crippen molar-refractivity contribution < 1.29 is 14.9 Å². The number of piperidine rings is 1. The monoisotopic (exact) mass is 308 g/mol. The molecule has 7 heteroatoms. The van der Waals surface area contributed by atoms with Crippen molar-refractivity contribution in [3.8, 4) is 0 Å². The fourth-order valence-electron chi connectivity index (χ4n) is 3.19. The van der Waals surface area contributed by atoms with E-state index in [2.05, 4.69) is 20.2 Å². The zero-order valence-electron chi connectivity index (χ0n) is 12.9. The third-order valence-electron chi connectivity index (χ3n) is 4.54. The van der Waals surface area contributed by atoms with E-state index in [1.54, 1.807) is 6.20 Å². The topological polar surface area (TPSA) is 90.7 Å². The summed E-state index contributed by atoms with van der Waals surface area (Å²) < 4.78 is 5.85. The van der Waals surface area contributed by atoms with Crippen LogP contribution in [-0.4, -0.2) is 64.2 Å². The van der Waals surface area contributed by atoms with Crippen molar-refractivity contribution >= 4 is 11.8 Å². The number of hydrogen-bond acceptors (Lipinski definition) is 7. The quantitative estimate of drug-likeness (QED) is 0.744. The van der Waals surface area contributed by atoms with Crippen LogP contribution in [0.1, 0.15) is 26.2 Å². The highest BCUT2D eigenvalue weighted by Gasteiger charge is 2.43. The Morgan fingerprint density at radius 1 is 1.36 bits per heavy atom. The Morgan fingerprint density at radius 2 is 2.14 bits per heavy atom. The summed E-state index contributed by atoms with van der Waals surface area (Å²) in [6.45, 7) is 4.66. The first-order valence-electron chi connectivity index (χ1n) is 7.94. The van der Waals surface area contributed by atoms with Crippen LogP contribution in [0.25, 0.3) is 0 Å². The summed E-state index contributed by atoms with van der Waals surface area (Å²) in [5, 5.41) is 22.7. The summed E-state index contributed by atoms with van der Waals surface area (Å²) in [5.74, 6) is 1.56. The molecule has 122 valence electrons. The number of nitrogens with zero attached hydrogens (tertiary/aromatic N) is 3. The van der Waals surface area contributed by atoms with Crippen LogP contribution in [0, 0.1) is 0 Å². The molecule has 0 aromatic carbocycles. The van der Waals surface area contributed by atoms with Gasteiger partial charge in [-0.05, 0) is 25.8 Å².